The summed E-state index contributed by atoms with van der Waals surface area (Å²) in [5.41, 5.74) is 0.875. The molecule has 0 aliphatic rings. The first-order chi connectivity index (χ1) is 10.2. The van der Waals surface area contributed by atoms with E-state index in [0.29, 0.717) is 11.7 Å². The molecule has 0 bridgehead atoms. The minimum Gasteiger partial charge on any atom is -0.372 e. The first-order valence-corrected chi connectivity index (χ1v) is 7.92. The number of thioether (sulfide) groups is 1. The van der Waals surface area contributed by atoms with Crippen LogP contribution in [0.3, 0.4) is 0 Å². The normalized spacial score (nSPS) is 12.1. The lowest BCUT2D eigenvalue weighted by Crippen LogP contribution is -2.31. The van der Waals surface area contributed by atoms with E-state index in [4.69, 9.17) is 0 Å². The number of anilines is 1. The highest BCUT2D eigenvalue weighted by Gasteiger charge is 2.16. The highest BCUT2D eigenvalue weighted by atomic mass is 32.2. The number of aromatic nitrogens is 2. The van der Waals surface area contributed by atoms with Gasteiger partial charge in [0, 0.05) is 19.0 Å². The van der Waals surface area contributed by atoms with Crippen molar-refractivity contribution in [3.8, 4) is 0 Å². The first-order valence-electron chi connectivity index (χ1n) is 7.04. The number of nitrogens with zero attached hydrogens (tertiary/aromatic N) is 2. The Morgan fingerprint density at radius 2 is 2.10 bits per heavy atom. The van der Waals surface area contributed by atoms with Crippen LogP contribution in [0.4, 0.5) is 5.82 Å². The van der Waals surface area contributed by atoms with E-state index in [2.05, 4.69) is 20.6 Å². The lowest BCUT2D eigenvalue weighted by molar-refractivity contribution is -0.120. The van der Waals surface area contributed by atoms with Crippen LogP contribution in [0.1, 0.15) is 20.3 Å². The Bertz CT molecular complexity index is 632. The van der Waals surface area contributed by atoms with Gasteiger partial charge in [0.15, 0.2) is 5.16 Å². The fourth-order valence-electron chi connectivity index (χ4n) is 1.90. The van der Waals surface area contributed by atoms with Crippen LogP contribution in [0.15, 0.2) is 29.4 Å². The third-order valence-electron chi connectivity index (χ3n) is 3.02. The van der Waals surface area contributed by atoms with Gasteiger partial charge in [-0.3, -0.25) is 4.79 Å². The number of fused-ring (bicyclic) bond motifs is 1. The molecule has 1 aromatic carbocycles. The molecule has 0 saturated heterocycles. The minimum atomic E-state index is -0.220. The van der Waals surface area contributed by atoms with Crippen molar-refractivity contribution in [2.24, 2.45) is 0 Å². The number of rotatable bonds is 6. The van der Waals surface area contributed by atoms with E-state index in [0.717, 1.165) is 23.1 Å². The highest BCUT2D eigenvalue weighted by molar-refractivity contribution is 8.00. The Hall–Kier alpha value is -1.82. The fraction of sp³-hybridized carbons (Fsp3) is 0.400. The van der Waals surface area contributed by atoms with Crippen LogP contribution in [-0.4, -0.2) is 34.7 Å². The van der Waals surface area contributed by atoms with E-state index >= 15 is 0 Å². The van der Waals surface area contributed by atoms with Crippen LogP contribution < -0.4 is 10.6 Å². The van der Waals surface area contributed by atoms with Crippen molar-refractivity contribution < 1.29 is 4.79 Å². The molecule has 0 saturated carbocycles. The second kappa shape index (κ2) is 7.26. The molecule has 5 nitrogen and oxygen atoms in total. The topological polar surface area (TPSA) is 66.9 Å². The minimum absolute atomic E-state index is 0.0182. The largest absolute Gasteiger partial charge is 0.372 e. The zero-order valence-electron chi connectivity index (χ0n) is 12.5. The van der Waals surface area contributed by atoms with Crippen LogP contribution in [0.2, 0.25) is 0 Å². The molecule has 1 unspecified atom stereocenters. The quantitative estimate of drug-likeness (QED) is 0.634. The Morgan fingerprint density at radius 3 is 2.81 bits per heavy atom. The third kappa shape index (κ3) is 3.85. The number of nitrogens with one attached hydrogen (secondary N) is 2. The summed E-state index contributed by atoms with van der Waals surface area (Å²) < 4.78 is 0. The second-order valence-electron chi connectivity index (χ2n) is 4.67. The van der Waals surface area contributed by atoms with Gasteiger partial charge in [-0.25, -0.2) is 9.97 Å². The molecule has 0 aliphatic heterocycles. The fourth-order valence-corrected chi connectivity index (χ4v) is 2.70. The summed E-state index contributed by atoms with van der Waals surface area (Å²) in [5.74, 6) is 0.800. The Morgan fingerprint density at radius 1 is 1.33 bits per heavy atom. The SMILES string of the molecule is CCCNC(=O)C(C)Sc1nc(NC)c2ccccc2n1. The van der Waals surface area contributed by atoms with E-state index in [9.17, 15) is 4.79 Å². The predicted molar refractivity (Wildman–Crippen MR) is 87.7 cm³/mol. The van der Waals surface area contributed by atoms with E-state index in [1.807, 2.05) is 45.2 Å². The smallest absolute Gasteiger partial charge is 0.233 e. The molecule has 2 rings (SSSR count). The number of carbonyl (C=O) groups is 1. The molecule has 6 heteroatoms. The van der Waals surface area contributed by atoms with E-state index in [1.165, 1.54) is 11.8 Å². The average molecular weight is 304 g/mol. The number of benzene rings is 1. The highest BCUT2D eigenvalue weighted by Crippen LogP contribution is 2.26. The van der Waals surface area contributed by atoms with Gasteiger partial charge in [-0.15, -0.1) is 0 Å². The van der Waals surface area contributed by atoms with E-state index in [-0.39, 0.29) is 11.2 Å². The van der Waals surface area contributed by atoms with E-state index < -0.39 is 0 Å². The number of hydrogen-bond donors (Lipinski definition) is 2. The van der Waals surface area contributed by atoms with Crippen LogP contribution in [0.5, 0.6) is 0 Å². The number of carbonyl (C=O) groups excluding carboxylic acids is 1. The lowest BCUT2D eigenvalue weighted by atomic mass is 10.2. The molecule has 2 aromatic rings. The van der Waals surface area contributed by atoms with Gasteiger partial charge in [0.1, 0.15) is 5.82 Å². The lowest BCUT2D eigenvalue weighted by Gasteiger charge is -2.12. The summed E-state index contributed by atoms with van der Waals surface area (Å²) in [4.78, 5) is 20.9. The molecule has 0 aliphatic carbocycles. The van der Waals surface area contributed by atoms with Gasteiger partial charge in [-0.2, -0.15) is 0 Å². The number of para-hydroxylation sites is 1. The van der Waals surface area contributed by atoms with Crippen molar-refractivity contribution >= 4 is 34.4 Å². The van der Waals surface area contributed by atoms with Gasteiger partial charge >= 0.3 is 0 Å². The molecular formula is C15H20N4OS. The molecule has 2 N–H and O–H groups in total. The molecule has 112 valence electrons. The van der Waals surface area contributed by atoms with Crippen molar-refractivity contribution in [2.45, 2.75) is 30.7 Å². The Labute approximate surface area is 128 Å². The van der Waals surface area contributed by atoms with Crippen molar-refractivity contribution in [3.63, 3.8) is 0 Å². The first kappa shape index (κ1) is 15.6. The van der Waals surface area contributed by atoms with Crippen molar-refractivity contribution in [1.82, 2.24) is 15.3 Å². The molecule has 0 radical (unpaired) electrons. The molecular weight excluding hydrogens is 284 g/mol. The van der Waals surface area contributed by atoms with Crippen LogP contribution >= 0.6 is 11.8 Å². The summed E-state index contributed by atoms with van der Waals surface area (Å²) in [6.45, 7) is 4.60. The summed E-state index contributed by atoms with van der Waals surface area (Å²) in [7, 11) is 1.83. The van der Waals surface area contributed by atoms with Crippen LogP contribution in [0, 0.1) is 0 Å². The van der Waals surface area contributed by atoms with Crippen LogP contribution in [-0.2, 0) is 4.79 Å². The number of hydrogen-bond acceptors (Lipinski definition) is 5. The maximum absolute atomic E-state index is 11.9. The molecule has 0 fully saturated rings. The third-order valence-corrected chi connectivity index (χ3v) is 3.98. The van der Waals surface area contributed by atoms with E-state index in [1.54, 1.807) is 0 Å². The summed E-state index contributed by atoms with van der Waals surface area (Å²) in [6, 6.07) is 7.83. The molecule has 1 amide bonds. The number of amides is 1. The van der Waals surface area contributed by atoms with Gasteiger partial charge in [0.05, 0.1) is 10.8 Å². The molecule has 0 spiro atoms. The summed E-state index contributed by atoms with van der Waals surface area (Å²) >= 11 is 1.37. The summed E-state index contributed by atoms with van der Waals surface area (Å²) in [5, 5.41) is 7.34. The maximum Gasteiger partial charge on any atom is 0.233 e. The van der Waals surface area contributed by atoms with Crippen molar-refractivity contribution in [2.75, 3.05) is 18.9 Å². The molecule has 1 atom stereocenters. The molecule has 21 heavy (non-hydrogen) atoms. The van der Waals surface area contributed by atoms with Crippen molar-refractivity contribution in [3.05, 3.63) is 24.3 Å². The van der Waals surface area contributed by atoms with Crippen molar-refractivity contribution in [1.29, 1.82) is 0 Å². The molecule has 1 aromatic heterocycles. The Kier molecular flexibility index (Phi) is 5.38. The maximum atomic E-state index is 11.9. The van der Waals surface area contributed by atoms with Gasteiger partial charge < -0.3 is 10.6 Å². The molecule has 1 heterocycles. The van der Waals surface area contributed by atoms with Gasteiger partial charge in [-0.1, -0.05) is 30.8 Å². The zero-order chi connectivity index (χ0) is 15.2. The standard InChI is InChI=1S/C15H20N4OS/c1-4-9-17-14(20)10(2)21-15-18-12-8-6-5-7-11(12)13(16-3)19-15/h5-8,10H,4,9H2,1-3H3,(H,17,20)(H,16,18,19). The predicted octanol–water partition coefficient (Wildman–Crippen LogP) is 2.68. The monoisotopic (exact) mass is 304 g/mol. The van der Waals surface area contributed by atoms with Crippen LogP contribution in [0.25, 0.3) is 10.9 Å². The zero-order valence-corrected chi connectivity index (χ0v) is 13.3. The second-order valence-corrected chi connectivity index (χ2v) is 5.98. The van der Waals surface area contributed by atoms with Gasteiger partial charge in [-0.05, 0) is 25.5 Å². The van der Waals surface area contributed by atoms with Gasteiger partial charge in [0.25, 0.3) is 0 Å². The summed E-state index contributed by atoms with van der Waals surface area (Å²) in [6.07, 6.45) is 0.930. The Balaban J connectivity index is 2.20. The van der Waals surface area contributed by atoms with Gasteiger partial charge in [0.2, 0.25) is 5.91 Å². The average Bonchev–Trinajstić information content (AvgIpc) is 2.51.